The SMILES string of the molecule is C[C@@]1(c2ccccc2Br)NC(=O)N(CC(=O)c2cccs2)C1=O. The third kappa shape index (κ3) is 2.70. The Hall–Kier alpha value is -1.99. The van der Waals surface area contributed by atoms with E-state index in [1.165, 1.54) is 11.3 Å². The van der Waals surface area contributed by atoms with E-state index in [0.29, 0.717) is 10.4 Å². The normalized spacial score (nSPS) is 20.7. The second-order valence-electron chi connectivity index (χ2n) is 5.33. The summed E-state index contributed by atoms with van der Waals surface area (Å²) in [6, 6.07) is 10.1. The van der Waals surface area contributed by atoms with Gasteiger partial charge in [0.15, 0.2) is 5.78 Å². The van der Waals surface area contributed by atoms with E-state index in [0.717, 1.165) is 9.37 Å². The van der Waals surface area contributed by atoms with Crippen LogP contribution in [0.4, 0.5) is 4.79 Å². The molecule has 3 rings (SSSR count). The molecule has 2 heterocycles. The van der Waals surface area contributed by atoms with Gasteiger partial charge in [0.05, 0.1) is 11.4 Å². The van der Waals surface area contributed by atoms with E-state index >= 15 is 0 Å². The highest BCUT2D eigenvalue weighted by Gasteiger charge is 2.50. The maximum atomic E-state index is 12.8. The van der Waals surface area contributed by atoms with Crippen LogP contribution in [0.2, 0.25) is 0 Å². The minimum atomic E-state index is -1.19. The number of Topliss-reactive ketones (excluding diaryl/α,β-unsaturated/α-hetero) is 1. The zero-order valence-electron chi connectivity index (χ0n) is 12.2. The number of nitrogens with one attached hydrogen (secondary N) is 1. The highest BCUT2D eigenvalue weighted by Crippen LogP contribution is 2.33. The van der Waals surface area contributed by atoms with E-state index in [9.17, 15) is 14.4 Å². The predicted octanol–water partition coefficient (Wildman–Crippen LogP) is 3.16. The first kappa shape index (κ1) is 15.9. The molecule has 1 aliphatic rings. The van der Waals surface area contributed by atoms with E-state index < -0.39 is 17.5 Å². The van der Waals surface area contributed by atoms with E-state index in [1.54, 1.807) is 42.6 Å². The molecule has 1 fully saturated rings. The second kappa shape index (κ2) is 5.90. The van der Waals surface area contributed by atoms with Gasteiger partial charge in [0, 0.05) is 10.0 Å². The van der Waals surface area contributed by atoms with Crippen molar-refractivity contribution in [3.05, 3.63) is 56.7 Å². The first-order valence-electron chi connectivity index (χ1n) is 6.89. The summed E-state index contributed by atoms with van der Waals surface area (Å²) in [5.41, 5.74) is -0.531. The van der Waals surface area contributed by atoms with E-state index in [1.807, 2.05) is 6.07 Å². The van der Waals surface area contributed by atoms with Gasteiger partial charge in [-0.1, -0.05) is 40.2 Å². The summed E-state index contributed by atoms with van der Waals surface area (Å²) in [4.78, 5) is 38.7. The number of hydrogen-bond donors (Lipinski definition) is 1. The average Bonchev–Trinajstić information content (AvgIpc) is 3.12. The number of carbonyl (C=O) groups excluding carboxylic acids is 3. The maximum Gasteiger partial charge on any atom is 0.325 e. The molecule has 118 valence electrons. The van der Waals surface area contributed by atoms with Crippen molar-refractivity contribution >= 4 is 45.0 Å². The van der Waals surface area contributed by atoms with Gasteiger partial charge in [-0.3, -0.25) is 14.5 Å². The summed E-state index contributed by atoms with van der Waals surface area (Å²) in [5, 5.41) is 4.48. The molecule has 1 aliphatic heterocycles. The Kier molecular flexibility index (Phi) is 4.08. The summed E-state index contributed by atoms with van der Waals surface area (Å²) in [6.07, 6.45) is 0. The number of benzene rings is 1. The third-order valence-electron chi connectivity index (χ3n) is 3.79. The highest BCUT2D eigenvalue weighted by molar-refractivity contribution is 9.10. The van der Waals surface area contributed by atoms with Crippen molar-refractivity contribution in [1.82, 2.24) is 10.2 Å². The second-order valence-corrected chi connectivity index (χ2v) is 7.13. The molecule has 5 nitrogen and oxygen atoms in total. The zero-order chi connectivity index (χ0) is 16.6. The van der Waals surface area contributed by atoms with Gasteiger partial charge in [0.25, 0.3) is 5.91 Å². The fourth-order valence-electron chi connectivity index (χ4n) is 2.55. The van der Waals surface area contributed by atoms with E-state index in [2.05, 4.69) is 21.2 Å². The lowest BCUT2D eigenvalue weighted by atomic mass is 9.92. The Bertz CT molecular complexity index is 790. The molecule has 3 amide bonds. The molecule has 1 aromatic carbocycles. The topological polar surface area (TPSA) is 66.5 Å². The average molecular weight is 393 g/mol. The molecule has 7 heteroatoms. The van der Waals surface area contributed by atoms with Crippen LogP contribution in [0.1, 0.15) is 22.2 Å². The first-order valence-corrected chi connectivity index (χ1v) is 8.56. The largest absolute Gasteiger partial charge is 0.325 e. The number of ketones is 1. The number of nitrogens with zero attached hydrogens (tertiary/aromatic N) is 1. The molecule has 0 spiro atoms. The first-order chi connectivity index (χ1) is 10.9. The summed E-state index contributed by atoms with van der Waals surface area (Å²) >= 11 is 4.69. The summed E-state index contributed by atoms with van der Waals surface area (Å²) in [6.45, 7) is 1.38. The Labute approximate surface area is 145 Å². The number of amides is 3. The quantitative estimate of drug-likeness (QED) is 0.641. The number of rotatable bonds is 4. The molecule has 23 heavy (non-hydrogen) atoms. The van der Waals surface area contributed by atoms with Crippen LogP contribution in [0, 0.1) is 0 Å². The lowest BCUT2D eigenvalue weighted by Gasteiger charge is -2.23. The van der Waals surface area contributed by atoms with Crippen molar-refractivity contribution < 1.29 is 14.4 Å². The molecule has 1 aromatic heterocycles. The monoisotopic (exact) mass is 392 g/mol. The van der Waals surface area contributed by atoms with Gasteiger partial charge >= 0.3 is 6.03 Å². The molecular weight excluding hydrogens is 380 g/mol. The molecule has 0 saturated carbocycles. The molecule has 0 bridgehead atoms. The van der Waals surface area contributed by atoms with Gasteiger partial charge in [0.2, 0.25) is 0 Å². The van der Waals surface area contributed by atoms with Gasteiger partial charge in [-0.15, -0.1) is 11.3 Å². The molecule has 1 saturated heterocycles. The number of carbonyl (C=O) groups is 3. The van der Waals surface area contributed by atoms with Crippen molar-refractivity contribution in [2.24, 2.45) is 0 Å². The van der Waals surface area contributed by atoms with Crippen molar-refractivity contribution in [2.75, 3.05) is 6.54 Å². The van der Waals surface area contributed by atoms with E-state index in [4.69, 9.17) is 0 Å². The summed E-state index contributed by atoms with van der Waals surface area (Å²) in [5.74, 6) is -0.681. The fraction of sp³-hybridized carbons (Fsp3) is 0.188. The minimum Gasteiger partial charge on any atom is -0.319 e. The number of imide groups is 1. The van der Waals surface area contributed by atoms with Crippen molar-refractivity contribution in [1.29, 1.82) is 0 Å². The van der Waals surface area contributed by atoms with Crippen LogP contribution in [-0.4, -0.2) is 29.2 Å². The van der Waals surface area contributed by atoms with Crippen LogP contribution in [0.5, 0.6) is 0 Å². The van der Waals surface area contributed by atoms with Crippen molar-refractivity contribution in [2.45, 2.75) is 12.5 Å². The highest BCUT2D eigenvalue weighted by atomic mass is 79.9. The zero-order valence-corrected chi connectivity index (χ0v) is 14.6. The van der Waals surface area contributed by atoms with Crippen LogP contribution in [0.15, 0.2) is 46.3 Å². The molecule has 0 unspecified atom stereocenters. The van der Waals surface area contributed by atoms with Crippen molar-refractivity contribution in [3.63, 3.8) is 0 Å². The van der Waals surface area contributed by atoms with Crippen molar-refractivity contribution in [3.8, 4) is 0 Å². The van der Waals surface area contributed by atoms with Crippen LogP contribution in [-0.2, 0) is 10.3 Å². The standard InChI is InChI=1S/C16H13BrN2O3S/c1-16(10-5-2-3-6-11(10)17)14(21)19(15(22)18-16)9-12(20)13-7-4-8-23-13/h2-8H,9H2,1H3,(H,18,22)/t16-/m0/s1. The van der Waals surface area contributed by atoms with Gasteiger partial charge < -0.3 is 5.32 Å². The van der Waals surface area contributed by atoms with Gasteiger partial charge in [-0.25, -0.2) is 4.79 Å². The lowest BCUT2D eigenvalue weighted by Crippen LogP contribution is -2.41. The predicted molar refractivity (Wildman–Crippen MR) is 90.4 cm³/mol. The van der Waals surface area contributed by atoms with Crippen LogP contribution in [0.3, 0.4) is 0 Å². The summed E-state index contributed by atoms with van der Waals surface area (Å²) in [7, 11) is 0. The smallest absolute Gasteiger partial charge is 0.319 e. The Morgan fingerprint density at radius 3 is 2.65 bits per heavy atom. The Balaban J connectivity index is 1.88. The maximum absolute atomic E-state index is 12.8. The number of hydrogen-bond acceptors (Lipinski definition) is 4. The fourth-order valence-corrected chi connectivity index (χ4v) is 3.89. The van der Waals surface area contributed by atoms with Crippen LogP contribution < -0.4 is 5.32 Å². The number of urea groups is 1. The Morgan fingerprint density at radius 1 is 1.26 bits per heavy atom. The summed E-state index contributed by atoms with van der Waals surface area (Å²) < 4.78 is 0.725. The van der Waals surface area contributed by atoms with Gasteiger partial charge in [0.1, 0.15) is 5.54 Å². The Morgan fingerprint density at radius 2 is 2.00 bits per heavy atom. The number of halogens is 1. The van der Waals surface area contributed by atoms with Gasteiger partial charge in [-0.05, 0) is 24.4 Å². The molecule has 2 aromatic rings. The van der Waals surface area contributed by atoms with E-state index in [-0.39, 0.29) is 12.3 Å². The molecule has 0 radical (unpaired) electrons. The molecule has 1 atom stereocenters. The van der Waals surface area contributed by atoms with Crippen LogP contribution >= 0.6 is 27.3 Å². The third-order valence-corrected chi connectivity index (χ3v) is 5.39. The number of thiophene rings is 1. The van der Waals surface area contributed by atoms with Gasteiger partial charge in [-0.2, -0.15) is 0 Å². The van der Waals surface area contributed by atoms with Crippen LogP contribution in [0.25, 0.3) is 0 Å². The molecular formula is C16H13BrN2O3S. The minimum absolute atomic E-state index is 0.250. The molecule has 1 N–H and O–H groups in total. The lowest BCUT2D eigenvalue weighted by molar-refractivity contribution is -0.130. The molecule has 0 aliphatic carbocycles.